The topological polar surface area (TPSA) is 29.3 Å². The van der Waals surface area contributed by atoms with E-state index in [1.165, 1.54) is 0 Å². The van der Waals surface area contributed by atoms with Gasteiger partial charge in [0.1, 0.15) is 5.82 Å². The van der Waals surface area contributed by atoms with Gasteiger partial charge >= 0.3 is 0 Å². The molecule has 0 aliphatic heterocycles. The summed E-state index contributed by atoms with van der Waals surface area (Å²) in [5, 5.41) is 0. The van der Waals surface area contributed by atoms with Crippen molar-refractivity contribution in [1.29, 1.82) is 0 Å². The van der Waals surface area contributed by atoms with Crippen LogP contribution in [0.5, 0.6) is 0 Å². The zero-order chi connectivity index (χ0) is 12.3. The largest absolute Gasteiger partial charge is 0.324 e. The van der Waals surface area contributed by atoms with E-state index in [-0.39, 0.29) is 11.9 Å². The molecule has 0 fully saturated rings. The highest BCUT2D eigenvalue weighted by atomic mass is 19.1. The highest BCUT2D eigenvalue weighted by Crippen LogP contribution is 2.23. The molecular formula is C13H21FN2. The van der Waals surface area contributed by atoms with Gasteiger partial charge in [-0.3, -0.25) is 0 Å². The van der Waals surface area contributed by atoms with E-state index in [4.69, 9.17) is 5.73 Å². The maximum atomic E-state index is 13.8. The molecule has 0 aliphatic rings. The minimum atomic E-state index is -0.219. The number of hydrogen-bond acceptors (Lipinski definition) is 2. The number of halogens is 1. The third-order valence-corrected chi connectivity index (χ3v) is 2.74. The van der Waals surface area contributed by atoms with Crippen molar-refractivity contribution >= 4 is 0 Å². The molecule has 1 atom stereocenters. The molecule has 0 radical (unpaired) electrons. The first-order valence-electron chi connectivity index (χ1n) is 5.58. The Morgan fingerprint density at radius 2 is 1.94 bits per heavy atom. The van der Waals surface area contributed by atoms with Gasteiger partial charge in [0.05, 0.1) is 0 Å². The van der Waals surface area contributed by atoms with E-state index in [9.17, 15) is 4.39 Å². The van der Waals surface area contributed by atoms with Gasteiger partial charge < -0.3 is 10.6 Å². The fourth-order valence-electron chi connectivity index (χ4n) is 1.94. The fourth-order valence-corrected chi connectivity index (χ4v) is 1.94. The van der Waals surface area contributed by atoms with Crippen molar-refractivity contribution < 1.29 is 4.39 Å². The van der Waals surface area contributed by atoms with Gasteiger partial charge in [-0.25, -0.2) is 4.39 Å². The van der Waals surface area contributed by atoms with Crippen LogP contribution >= 0.6 is 0 Å². The average Bonchev–Trinajstić information content (AvgIpc) is 2.12. The summed E-state index contributed by atoms with van der Waals surface area (Å²) in [6, 6.07) is 3.31. The maximum Gasteiger partial charge on any atom is 0.128 e. The van der Waals surface area contributed by atoms with Crippen LogP contribution in [0.4, 0.5) is 4.39 Å². The number of hydrogen-bond donors (Lipinski definition) is 1. The Labute approximate surface area is 97.3 Å². The first-order valence-corrected chi connectivity index (χ1v) is 5.58. The van der Waals surface area contributed by atoms with Gasteiger partial charge in [0.25, 0.3) is 0 Å². The van der Waals surface area contributed by atoms with Crippen LogP contribution in [0.25, 0.3) is 0 Å². The molecule has 1 rings (SSSR count). The summed E-state index contributed by atoms with van der Waals surface area (Å²) in [6.07, 6.45) is 0.772. The third kappa shape index (κ3) is 3.29. The van der Waals surface area contributed by atoms with E-state index in [0.717, 1.165) is 24.1 Å². The number of nitrogens with zero attached hydrogens (tertiary/aromatic N) is 1. The fraction of sp³-hybridized carbons (Fsp3) is 0.538. The quantitative estimate of drug-likeness (QED) is 0.851. The SMILES string of the molecule is Cc1cc(C)c(C(N)CCN(C)C)c(F)c1. The third-order valence-electron chi connectivity index (χ3n) is 2.74. The summed E-state index contributed by atoms with van der Waals surface area (Å²) in [5.74, 6) is -0.177. The van der Waals surface area contributed by atoms with Gasteiger partial charge in [0.2, 0.25) is 0 Å². The molecule has 0 spiro atoms. The molecule has 16 heavy (non-hydrogen) atoms. The molecule has 2 N–H and O–H groups in total. The Bertz CT molecular complexity index is 338. The summed E-state index contributed by atoms with van der Waals surface area (Å²) in [5.41, 5.74) is 8.58. The van der Waals surface area contributed by atoms with Crippen LogP contribution in [0.2, 0.25) is 0 Å². The number of rotatable bonds is 4. The van der Waals surface area contributed by atoms with Crippen LogP contribution in [0.1, 0.15) is 29.2 Å². The van der Waals surface area contributed by atoms with Crippen LogP contribution in [0.3, 0.4) is 0 Å². The molecule has 1 aromatic rings. The standard InChI is InChI=1S/C13H21FN2/c1-9-7-10(2)13(11(14)8-9)12(15)5-6-16(3)4/h7-8,12H,5-6,15H2,1-4H3. The van der Waals surface area contributed by atoms with Gasteiger partial charge in [-0.15, -0.1) is 0 Å². The first-order chi connectivity index (χ1) is 7.41. The maximum absolute atomic E-state index is 13.8. The molecule has 2 nitrogen and oxygen atoms in total. The average molecular weight is 224 g/mol. The molecule has 0 aliphatic carbocycles. The summed E-state index contributed by atoms with van der Waals surface area (Å²) in [7, 11) is 3.98. The summed E-state index contributed by atoms with van der Waals surface area (Å²) in [4.78, 5) is 2.06. The molecule has 0 amide bonds. The van der Waals surface area contributed by atoms with E-state index in [0.29, 0.717) is 5.56 Å². The van der Waals surface area contributed by atoms with Crippen molar-refractivity contribution in [2.45, 2.75) is 26.3 Å². The van der Waals surface area contributed by atoms with Crippen molar-refractivity contribution in [2.75, 3.05) is 20.6 Å². The van der Waals surface area contributed by atoms with Gasteiger partial charge in [-0.05, 0) is 58.1 Å². The van der Waals surface area contributed by atoms with Gasteiger partial charge in [-0.1, -0.05) is 6.07 Å². The molecule has 1 unspecified atom stereocenters. The van der Waals surface area contributed by atoms with Crippen LogP contribution in [-0.4, -0.2) is 25.5 Å². The second-order valence-corrected chi connectivity index (χ2v) is 4.68. The monoisotopic (exact) mass is 224 g/mol. The molecule has 0 saturated heterocycles. The minimum Gasteiger partial charge on any atom is -0.324 e. The highest BCUT2D eigenvalue weighted by Gasteiger charge is 2.14. The van der Waals surface area contributed by atoms with Gasteiger partial charge in [0.15, 0.2) is 0 Å². The van der Waals surface area contributed by atoms with E-state index < -0.39 is 0 Å². The number of benzene rings is 1. The van der Waals surface area contributed by atoms with Crippen LogP contribution in [-0.2, 0) is 0 Å². The predicted octanol–water partition coefficient (Wildman–Crippen LogP) is 2.39. The Morgan fingerprint density at radius 3 is 2.44 bits per heavy atom. The van der Waals surface area contributed by atoms with E-state index in [1.807, 2.05) is 34.0 Å². The Morgan fingerprint density at radius 1 is 1.31 bits per heavy atom. The lowest BCUT2D eigenvalue weighted by Gasteiger charge is -2.18. The van der Waals surface area contributed by atoms with Crippen molar-refractivity contribution in [3.05, 3.63) is 34.6 Å². The lowest BCUT2D eigenvalue weighted by atomic mass is 9.97. The lowest BCUT2D eigenvalue weighted by molar-refractivity contribution is 0.379. The molecule has 90 valence electrons. The van der Waals surface area contributed by atoms with Crippen molar-refractivity contribution in [1.82, 2.24) is 4.90 Å². The zero-order valence-electron chi connectivity index (χ0n) is 10.5. The molecule has 0 bridgehead atoms. The van der Waals surface area contributed by atoms with Crippen molar-refractivity contribution in [3.63, 3.8) is 0 Å². The van der Waals surface area contributed by atoms with Gasteiger partial charge in [-0.2, -0.15) is 0 Å². The molecular weight excluding hydrogens is 203 g/mol. The second kappa shape index (κ2) is 5.41. The molecule has 0 aromatic heterocycles. The minimum absolute atomic E-state index is 0.177. The molecule has 0 heterocycles. The molecule has 0 saturated carbocycles. The Balaban J connectivity index is 2.86. The zero-order valence-corrected chi connectivity index (χ0v) is 10.5. The Kier molecular flexibility index (Phi) is 4.44. The van der Waals surface area contributed by atoms with Crippen molar-refractivity contribution in [3.8, 4) is 0 Å². The van der Waals surface area contributed by atoms with Crippen molar-refractivity contribution in [2.24, 2.45) is 5.73 Å². The summed E-state index contributed by atoms with van der Waals surface area (Å²) < 4.78 is 13.8. The Hall–Kier alpha value is -0.930. The second-order valence-electron chi connectivity index (χ2n) is 4.68. The summed E-state index contributed by atoms with van der Waals surface area (Å²) >= 11 is 0. The number of nitrogens with two attached hydrogens (primary N) is 1. The smallest absolute Gasteiger partial charge is 0.128 e. The first kappa shape index (κ1) is 13.1. The van der Waals surface area contributed by atoms with Crippen LogP contribution in [0.15, 0.2) is 12.1 Å². The lowest BCUT2D eigenvalue weighted by Crippen LogP contribution is -2.21. The predicted molar refractivity (Wildman–Crippen MR) is 66.0 cm³/mol. The van der Waals surface area contributed by atoms with Crippen LogP contribution in [0, 0.1) is 19.7 Å². The molecule has 1 aromatic carbocycles. The van der Waals surface area contributed by atoms with E-state index >= 15 is 0 Å². The summed E-state index contributed by atoms with van der Waals surface area (Å²) in [6.45, 7) is 4.68. The van der Waals surface area contributed by atoms with E-state index in [1.54, 1.807) is 6.07 Å². The normalized spacial score (nSPS) is 13.2. The highest BCUT2D eigenvalue weighted by molar-refractivity contribution is 5.34. The number of aryl methyl sites for hydroxylation is 2. The van der Waals surface area contributed by atoms with Crippen LogP contribution < -0.4 is 5.73 Å². The van der Waals surface area contributed by atoms with E-state index in [2.05, 4.69) is 4.90 Å². The molecule has 3 heteroatoms. The van der Waals surface area contributed by atoms with Gasteiger partial charge in [0, 0.05) is 11.6 Å².